The van der Waals surface area contributed by atoms with Crippen molar-refractivity contribution in [2.45, 2.75) is 0 Å². The van der Waals surface area contributed by atoms with E-state index in [0.29, 0.717) is 28.6 Å². The number of ether oxygens (including phenoxy) is 1. The van der Waals surface area contributed by atoms with Crippen LogP contribution in [0, 0.1) is 0 Å². The Morgan fingerprint density at radius 3 is 2.88 bits per heavy atom. The second-order valence-corrected chi connectivity index (χ2v) is 5.37. The molecule has 24 heavy (non-hydrogen) atoms. The molecule has 0 fully saturated rings. The third-order valence-corrected chi connectivity index (χ3v) is 3.51. The minimum atomic E-state index is -0.657. The number of hydrogen-bond acceptors (Lipinski definition) is 4. The average Bonchev–Trinajstić information content (AvgIpc) is 2.55. The van der Waals surface area contributed by atoms with Gasteiger partial charge in [-0.15, -0.1) is 0 Å². The van der Waals surface area contributed by atoms with Crippen LogP contribution in [0.25, 0.3) is 0 Å². The van der Waals surface area contributed by atoms with Crippen molar-refractivity contribution in [3.05, 3.63) is 47.5 Å². The van der Waals surface area contributed by atoms with Gasteiger partial charge in [-0.3, -0.25) is 9.59 Å². The molecule has 122 valence electrons. The molecule has 1 heterocycles. The smallest absolute Gasteiger partial charge is 0.332 e. The molecule has 1 aliphatic heterocycles. The first-order chi connectivity index (χ1) is 11.6. The molecule has 3 rings (SSSR count). The molecule has 0 aliphatic carbocycles. The van der Waals surface area contributed by atoms with E-state index in [-0.39, 0.29) is 18.2 Å². The lowest BCUT2D eigenvalue weighted by atomic mass is 10.2. The van der Waals surface area contributed by atoms with Gasteiger partial charge in [-0.1, -0.05) is 17.7 Å². The van der Waals surface area contributed by atoms with E-state index in [1.807, 2.05) is 0 Å². The Morgan fingerprint density at radius 1 is 1.29 bits per heavy atom. The normalized spacial score (nSPS) is 12.5. The van der Waals surface area contributed by atoms with Crippen molar-refractivity contribution >= 4 is 47.0 Å². The lowest BCUT2D eigenvalue weighted by molar-refractivity contribution is -0.118. The number of carbonyl (C=O) groups excluding carboxylic acids is 3. The van der Waals surface area contributed by atoms with E-state index in [1.165, 1.54) is 6.07 Å². The first-order valence-corrected chi connectivity index (χ1v) is 7.32. The van der Waals surface area contributed by atoms with Crippen molar-refractivity contribution in [3.63, 3.8) is 0 Å². The number of fused-ring (bicyclic) bond motifs is 1. The molecule has 0 spiro atoms. The maximum Gasteiger partial charge on any atom is 0.332 e. The molecule has 0 atom stereocenters. The van der Waals surface area contributed by atoms with Crippen LogP contribution in [0.5, 0.6) is 5.75 Å². The van der Waals surface area contributed by atoms with Gasteiger partial charge in [0.25, 0.3) is 5.91 Å². The van der Waals surface area contributed by atoms with Gasteiger partial charge in [0.2, 0.25) is 6.41 Å². The van der Waals surface area contributed by atoms with Gasteiger partial charge < -0.3 is 15.4 Å². The third-order valence-electron chi connectivity index (χ3n) is 3.27. The van der Waals surface area contributed by atoms with Crippen molar-refractivity contribution < 1.29 is 19.1 Å². The molecular formula is C16H12ClN3O4. The Morgan fingerprint density at radius 2 is 2.12 bits per heavy atom. The zero-order valence-electron chi connectivity index (χ0n) is 12.3. The third kappa shape index (κ3) is 3.31. The number of halogens is 1. The number of carbonyl (C=O) groups is 3. The topological polar surface area (TPSA) is 87.7 Å². The highest BCUT2D eigenvalue weighted by Gasteiger charge is 2.20. The van der Waals surface area contributed by atoms with Crippen LogP contribution in [0.1, 0.15) is 0 Å². The Hall–Kier alpha value is -3.06. The summed E-state index contributed by atoms with van der Waals surface area (Å²) in [4.78, 5) is 35.9. The van der Waals surface area contributed by atoms with Crippen LogP contribution >= 0.6 is 11.6 Å². The van der Waals surface area contributed by atoms with E-state index in [4.69, 9.17) is 16.3 Å². The van der Waals surface area contributed by atoms with Crippen LogP contribution in [0.2, 0.25) is 5.02 Å². The van der Waals surface area contributed by atoms with Crippen molar-refractivity contribution in [2.75, 3.05) is 22.1 Å². The molecule has 8 heteroatoms. The van der Waals surface area contributed by atoms with Crippen molar-refractivity contribution in [1.82, 2.24) is 0 Å². The van der Waals surface area contributed by atoms with Crippen molar-refractivity contribution in [3.8, 4) is 5.75 Å². The summed E-state index contributed by atoms with van der Waals surface area (Å²) < 4.78 is 5.24. The molecule has 0 bridgehead atoms. The van der Waals surface area contributed by atoms with Crippen LogP contribution in [-0.4, -0.2) is 25.0 Å². The molecule has 2 aromatic carbocycles. The first kappa shape index (κ1) is 15.8. The molecule has 0 aromatic heterocycles. The van der Waals surface area contributed by atoms with E-state index < -0.39 is 6.03 Å². The lowest BCUT2D eigenvalue weighted by Gasteiger charge is -2.21. The van der Waals surface area contributed by atoms with Crippen LogP contribution in [-0.2, 0) is 9.59 Å². The van der Waals surface area contributed by atoms with Gasteiger partial charge in [-0.2, -0.15) is 0 Å². The molecule has 0 saturated heterocycles. The van der Waals surface area contributed by atoms with E-state index in [1.54, 1.807) is 36.4 Å². The van der Waals surface area contributed by atoms with Gasteiger partial charge in [-0.05, 0) is 36.4 Å². The number of anilines is 3. The summed E-state index contributed by atoms with van der Waals surface area (Å²) in [5, 5.41) is 5.65. The van der Waals surface area contributed by atoms with E-state index >= 15 is 0 Å². The number of benzene rings is 2. The standard InChI is InChI=1S/C16H12ClN3O4/c17-10-2-1-3-11(6-10)18-16(23)20(9-21)12-4-5-14-13(7-12)19-15(22)8-24-14/h1-7,9H,8H2,(H,18,23)(H,19,22). The maximum absolute atomic E-state index is 12.3. The van der Waals surface area contributed by atoms with Gasteiger partial charge in [0.15, 0.2) is 6.61 Å². The van der Waals surface area contributed by atoms with Crippen molar-refractivity contribution in [2.24, 2.45) is 0 Å². The van der Waals surface area contributed by atoms with E-state index in [2.05, 4.69) is 10.6 Å². The van der Waals surface area contributed by atoms with Crippen LogP contribution in [0.3, 0.4) is 0 Å². The summed E-state index contributed by atoms with van der Waals surface area (Å²) in [6.45, 7) is -0.0704. The minimum Gasteiger partial charge on any atom is -0.482 e. The zero-order valence-corrected chi connectivity index (χ0v) is 13.0. The molecular weight excluding hydrogens is 334 g/mol. The zero-order chi connectivity index (χ0) is 17.1. The summed E-state index contributed by atoms with van der Waals surface area (Å²) in [5.41, 5.74) is 1.13. The molecule has 0 unspecified atom stereocenters. The molecule has 0 radical (unpaired) electrons. The van der Waals surface area contributed by atoms with E-state index in [0.717, 1.165) is 4.90 Å². The Labute approximate surface area is 142 Å². The molecule has 7 nitrogen and oxygen atoms in total. The molecule has 1 aliphatic rings. The number of nitrogens with one attached hydrogen (secondary N) is 2. The summed E-state index contributed by atoms with van der Waals surface area (Å²) in [6, 6.07) is 10.5. The quantitative estimate of drug-likeness (QED) is 0.837. The number of urea groups is 1. The fraction of sp³-hybridized carbons (Fsp3) is 0.0625. The van der Waals surface area contributed by atoms with Crippen LogP contribution < -0.4 is 20.3 Å². The predicted octanol–water partition coefficient (Wildman–Crippen LogP) is 2.87. The Kier molecular flexibility index (Phi) is 4.35. The molecule has 2 aromatic rings. The van der Waals surface area contributed by atoms with Gasteiger partial charge in [-0.25, -0.2) is 9.69 Å². The van der Waals surface area contributed by atoms with Crippen LogP contribution in [0.4, 0.5) is 21.9 Å². The maximum atomic E-state index is 12.3. The second kappa shape index (κ2) is 6.59. The van der Waals surface area contributed by atoms with E-state index in [9.17, 15) is 14.4 Å². The van der Waals surface area contributed by atoms with Crippen molar-refractivity contribution in [1.29, 1.82) is 0 Å². The van der Waals surface area contributed by atoms with Crippen LogP contribution in [0.15, 0.2) is 42.5 Å². The predicted molar refractivity (Wildman–Crippen MR) is 89.6 cm³/mol. The van der Waals surface area contributed by atoms with Gasteiger partial charge in [0.05, 0.1) is 11.4 Å². The lowest BCUT2D eigenvalue weighted by Crippen LogP contribution is -2.34. The summed E-state index contributed by atoms with van der Waals surface area (Å²) in [5.74, 6) is 0.167. The largest absolute Gasteiger partial charge is 0.482 e. The number of hydrogen-bond donors (Lipinski definition) is 2. The highest BCUT2D eigenvalue weighted by molar-refractivity contribution is 6.31. The highest BCUT2D eigenvalue weighted by atomic mass is 35.5. The number of nitrogens with zero attached hydrogens (tertiary/aromatic N) is 1. The first-order valence-electron chi connectivity index (χ1n) is 6.94. The number of amides is 4. The second-order valence-electron chi connectivity index (χ2n) is 4.93. The van der Waals surface area contributed by atoms with Gasteiger partial charge in [0, 0.05) is 10.7 Å². The fourth-order valence-electron chi connectivity index (χ4n) is 2.20. The SMILES string of the molecule is O=CN(C(=O)Nc1cccc(Cl)c1)c1ccc2c(c1)NC(=O)CO2. The fourth-order valence-corrected chi connectivity index (χ4v) is 2.39. The summed E-state index contributed by atoms with van der Waals surface area (Å²) >= 11 is 5.86. The minimum absolute atomic E-state index is 0.0704. The number of imide groups is 1. The summed E-state index contributed by atoms with van der Waals surface area (Å²) in [6.07, 6.45) is 0.382. The molecule has 2 N–H and O–H groups in total. The molecule has 0 saturated carbocycles. The average molecular weight is 346 g/mol. The Bertz CT molecular complexity index is 825. The molecule has 4 amide bonds. The summed E-state index contributed by atoms with van der Waals surface area (Å²) in [7, 11) is 0. The van der Waals surface area contributed by atoms with Gasteiger partial charge in [0.1, 0.15) is 5.75 Å². The monoisotopic (exact) mass is 345 g/mol. The van der Waals surface area contributed by atoms with Gasteiger partial charge >= 0.3 is 6.03 Å². The highest BCUT2D eigenvalue weighted by Crippen LogP contribution is 2.32. The number of rotatable bonds is 3. The Balaban J connectivity index is 1.83.